The molecular weight excluding hydrogens is 286 g/mol. The monoisotopic (exact) mass is 301 g/mol. The standard InChI is InChI=1S/C15H15N3O2S/c1-10(13-8-7-12(19)9-14(13)20)17-18-15(21)16-11-5-3-2-4-6-11/h2-9,19-20H,1H3,(H2,16,18,21)/b17-10+. The summed E-state index contributed by atoms with van der Waals surface area (Å²) in [7, 11) is 0. The van der Waals surface area contributed by atoms with E-state index in [-0.39, 0.29) is 11.5 Å². The highest BCUT2D eigenvalue weighted by molar-refractivity contribution is 7.80. The van der Waals surface area contributed by atoms with Gasteiger partial charge < -0.3 is 15.5 Å². The van der Waals surface area contributed by atoms with Gasteiger partial charge in [-0.2, -0.15) is 5.10 Å². The van der Waals surface area contributed by atoms with Gasteiger partial charge in [0.05, 0.1) is 5.71 Å². The molecule has 2 rings (SSSR count). The Hall–Kier alpha value is -2.60. The van der Waals surface area contributed by atoms with Crippen LogP contribution in [0.3, 0.4) is 0 Å². The molecule has 5 nitrogen and oxygen atoms in total. The molecule has 6 heteroatoms. The van der Waals surface area contributed by atoms with E-state index in [1.54, 1.807) is 13.0 Å². The van der Waals surface area contributed by atoms with Crippen molar-refractivity contribution in [3.05, 3.63) is 54.1 Å². The molecule has 2 aromatic carbocycles. The second kappa shape index (κ2) is 6.71. The van der Waals surface area contributed by atoms with Crippen LogP contribution in [0.4, 0.5) is 5.69 Å². The largest absolute Gasteiger partial charge is 0.508 e. The summed E-state index contributed by atoms with van der Waals surface area (Å²) >= 11 is 5.13. The second-order valence-electron chi connectivity index (χ2n) is 4.33. The van der Waals surface area contributed by atoms with Gasteiger partial charge in [-0.1, -0.05) is 18.2 Å². The summed E-state index contributed by atoms with van der Waals surface area (Å²) in [5.74, 6) is -0.0433. The minimum Gasteiger partial charge on any atom is -0.508 e. The van der Waals surface area contributed by atoms with E-state index < -0.39 is 0 Å². The number of hydrazone groups is 1. The Balaban J connectivity index is 2.01. The number of anilines is 1. The highest BCUT2D eigenvalue weighted by atomic mass is 32.1. The maximum absolute atomic E-state index is 9.75. The molecule has 0 saturated heterocycles. The maximum Gasteiger partial charge on any atom is 0.191 e. The predicted octanol–water partition coefficient (Wildman–Crippen LogP) is 2.81. The van der Waals surface area contributed by atoms with Crippen LogP contribution in [0.5, 0.6) is 11.5 Å². The van der Waals surface area contributed by atoms with Gasteiger partial charge >= 0.3 is 0 Å². The molecule has 0 heterocycles. The fraction of sp³-hybridized carbons (Fsp3) is 0.0667. The molecule has 0 spiro atoms. The van der Waals surface area contributed by atoms with Gasteiger partial charge in [-0.3, -0.25) is 5.43 Å². The van der Waals surface area contributed by atoms with Crippen LogP contribution in [0.15, 0.2) is 53.6 Å². The average Bonchev–Trinajstić information content (AvgIpc) is 2.46. The molecule has 0 aromatic heterocycles. The van der Waals surface area contributed by atoms with Crippen molar-refractivity contribution >= 4 is 28.7 Å². The molecule has 0 radical (unpaired) electrons. The molecule has 4 N–H and O–H groups in total. The smallest absolute Gasteiger partial charge is 0.191 e. The Kier molecular flexibility index (Phi) is 4.73. The van der Waals surface area contributed by atoms with Crippen LogP contribution in [0.25, 0.3) is 0 Å². The van der Waals surface area contributed by atoms with Crippen LogP contribution in [0.1, 0.15) is 12.5 Å². The molecule has 0 amide bonds. The van der Waals surface area contributed by atoms with E-state index in [1.165, 1.54) is 12.1 Å². The second-order valence-corrected chi connectivity index (χ2v) is 4.74. The number of nitrogens with zero attached hydrogens (tertiary/aromatic N) is 1. The van der Waals surface area contributed by atoms with Crippen LogP contribution in [0, 0.1) is 0 Å². The van der Waals surface area contributed by atoms with E-state index in [0.29, 0.717) is 16.4 Å². The van der Waals surface area contributed by atoms with Crippen molar-refractivity contribution in [2.75, 3.05) is 5.32 Å². The summed E-state index contributed by atoms with van der Waals surface area (Å²) in [6.45, 7) is 1.73. The van der Waals surface area contributed by atoms with Gasteiger partial charge in [-0.15, -0.1) is 0 Å². The van der Waals surface area contributed by atoms with E-state index in [1.807, 2.05) is 30.3 Å². The number of nitrogens with one attached hydrogen (secondary N) is 2. The van der Waals surface area contributed by atoms with Crippen LogP contribution in [-0.2, 0) is 0 Å². The van der Waals surface area contributed by atoms with Gasteiger partial charge in [-0.05, 0) is 43.4 Å². The first-order chi connectivity index (χ1) is 10.1. The molecule has 0 aliphatic heterocycles. The van der Waals surface area contributed by atoms with Crippen LogP contribution >= 0.6 is 12.2 Å². The number of para-hydroxylation sites is 1. The highest BCUT2D eigenvalue weighted by Crippen LogP contribution is 2.22. The Morgan fingerprint density at radius 1 is 1.10 bits per heavy atom. The Bertz CT molecular complexity index is 672. The van der Waals surface area contributed by atoms with Crippen molar-refractivity contribution in [2.45, 2.75) is 6.92 Å². The molecule has 0 aliphatic rings. The summed E-state index contributed by atoms with van der Waals surface area (Å²) in [6, 6.07) is 13.8. The summed E-state index contributed by atoms with van der Waals surface area (Å²) < 4.78 is 0. The molecule has 0 saturated carbocycles. The molecule has 0 unspecified atom stereocenters. The zero-order chi connectivity index (χ0) is 15.2. The number of phenolic OH excluding ortho intramolecular Hbond substituents is 2. The summed E-state index contributed by atoms with van der Waals surface area (Å²) in [4.78, 5) is 0. The van der Waals surface area contributed by atoms with Crippen LogP contribution in [0.2, 0.25) is 0 Å². The Labute approximate surface area is 127 Å². The molecule has 0 aliphatic carbocycles. The van der Waals surface area contributed by atoms with Crippen molar-refractivity contribution in [1.29, 1.82) is 0 Å². The normalized spacial score (nSPS) is 11.0. The number of phenols is 2. The van der Waals surface area contributed by atoms with Crippen molar-refractivity contribution < 1.29 is 10.2 Å². The van der Waals surface area contributed by atoms with Crippen molar-refractivity contribution in [2.24, 2.45) is 5.10 Å². The fourth-order valence-corrected chi connectivity index (χ4v) is 1.86. The molecule has 0 fully saturated rings. The zero-order valence-corrected chi connectivity index (χ0v) is 12.2. The highest BCUT2D eigenvalue weighted by Gasteiger charge is 2.05. The van der Waals surface area contributed by atoms with Crippen LogP contribution in [-0.4, -0.2) is 21.0 Å². The SMILES string of the molecule is C/C(=N\NC(=S)Nc1ccccc1)c1ccc(O)cc1O. The number of hydrogen-bond acceptors (Lipinski definition) is 4. The van der Waals surface area contributed by atoms with Crippen molar-refractivity contribution in [3.8, 4) is 11.5 Å². The lowest BCUT2D eigenvalue weighted by atomic mass is 10.1. The minimum absolute atomic E-state index is 0.00160. The van der Waals surface area contributed by atoms with Gasteiger partial charge in [0.1, 0.15) is 11.5 Å². The molecule has 108 valence electrons. The van der Waals surface area contributed by atoms with E-state index in [0.717, 1.165) is 5.69 Å². The van der Waals surface area contributed by atoms with Gasteiger partial charge in [0, 0.05) is 17.3 Å². The fourth-order valence-electron chi connectivity index (χ4n) is 1.70. The average molecular weight is 301 g/mol. The topological polar surface area (TPSA) is 76.9 Å². The Morgan fingerprint density at radius 2 is 1.81 bits per heavy atom. The quantitative estimate of drug-likeness (QED) is 0.398. The first-order valence-electron chi connectivity index (χ1n) is 6.25. The molecule has 21 heavy (non-hydrogen) atoms. The van der Waals surface area contributed by atoms with E-state index in [2.05, 4.69) is 15.8 Å². The van der Waals surface area contributed by atoms with Crippen LogP contribution < -0.4 is 10.7 Å². The number of hydrogen-bond donors (Lipinski definition) is 4. The number of rotatable bonds is 3. The third kappa shape index (κ3) is 4.19. The predicted molar refractivity (Wildman–Crippen MR) is 87.8 cm³/mol. The van der Waals surface area contributed by atoms with Crippen molar-refractivity contribution in [1.82, 2.24) is 5.43 Å². The number of benzene rings is 2. The van der Waals surface area contributed by atoms with Gasteiger partial charge in [0.15, 0.2) is 5.11 Å². The molecule has 2 aromatic rings. The van der Waals surface area contributed by atoms with Crippen molar-refractivity contribution in [3.63, 3.8) is 0 Å². The van der Waals surface area contributed by atoms with E-state index in [4.69, 9.17) is 12.2 Å². The van der Waals surface area contributed by atoms with E-state index >= 15 is 0 Å². The third-order valence-corrected chi connectivity index (χ3v) is 2.92. The number of thiocarbonyl (C=S) groups is 1. The molecule has 0 bridgehead atoms. The Morgan fingerprint density at radius 3 is 2.48 bits per heavy atom. The molecule has 0 atom stereocenters. The summed E-state index contributed by atoms with van der Waals surface area (Å²) in [5, 5.41) is 26.4. The van der Waals surface area contributed by atoms with Gasteiger partial charge in [0.2, 0.25) is 0 Å². The summed E-state index contributed by atoms with van der Waals surface area (Å²) in [5.41, 5.74) is 4.63. The van der Waals surface area contributed by atoms with E-state index in [9.17, 15) is 10.2 Å². The molecular formula is C15H15N3O2S. The first kappa shape index (κ1) is 14.8. The van der Waals surface area contributed by atoms with Gasteiger partial charge in [-0.25, -0.2) is 0 Å². The number of aromatic hydroxyl groups is 2. The lowest BCUT2D eigenvalue weighted by Gasteiger charge is -2.08. The lowest BCUT2D eigenvalue weighted by molar-refractivity contribution is 0.450. The first-order valence-corrected chi connectivity index (χ1v) is 6.66. The van der Waals surface area contributed by atoms with Gasteiger partial charge in [0.25, 0.3) is 0 Å². The zero-order valence-electron chi connectivity index (χ0n) is 11.4. The third-order valence-electron chi connectivity index (χ3n) is 2.73. The maximum atomic E-state index is 9.75. The summed E-state index contributed by atoms with van der Waals surface area (Å²) in [6.07, 6.45) is 0. The minimum atomic E-state index is -0.0417. The lowest BCUT2D eigenvalue weighted by Crippen LogP contribution is -2.24.